The monoisotopic (exact) mass is 289 g/mol. The summed E-state index contributed by atoms with van der Waals surface area (Å²) in [6.07, 6.45) is 5.22. The maximum absolute atomic E-state index is 5.86. The van der Waals surface area contributed by atoms with Gasteiger partial charge in [0, 0.05) is 24.6 Å². The molecule has 1 aromatic carbocycles. The summed E-state index contributed by atoms with van der Waals surface area (Å²) in [7, 11) is 0. The molecular formula is C19H31NO. The molecule has 2 rings (SSSR count). The SMILES string of the molecule is CC(C)NCC1(CCOC(C)C)CCCc2ccccc21. The fraction of sp³-hybridized carbons (Fsp3) is 0.684. The lowest BCUT2D eigenvalue weighted by atomic mass is 9.68. The fourth-order valence-corrected chi connectivity index (χ4v) is 3.43. The van der Waals surface area contributed by atoms with Crippen molar-refractivity contribution < 1.29 is 4.74 Å². The van der Waals surface area contributed by atoms with Crippen LogP contribution in [-0.2, 0) is 16.6 Å². The Morgan fingerprint density at radius 2 is 1.95 bits per heavy atom. The second kappa shape index (κ2) is 7.42. The molecule has 0 amide bonds. The molecule has 0 bridgehead atoms. The van der Waals surface area contributed by atoms with Crippen molar-refractivity contribution in [1.29, 1.82) is 0 Å². The van der Waals surface area contributed by atoms with Crippen LogP contribution in [0.5, 0.6) is 0 Å². The van der Waals surface area contributed by atoms with Crippen LogP contribution in [0.15, 0.2) is 24.3 Å². The highest BCUT2D eigenvalue weighted by molar-refractivity contribution is 5.37. The molecule has 1 aliphatic rings. The first kappa shape index (κ1) is 16.5. The van der Waals surface area contributed by atoms with Gasteiger partial charge in [-0.25, -0.2) is 0 Å². The summed E-state index contributed by atoms with van der Waals surface area (Å²) < 4.78 is 5.86. The Kier molecular flexibility index (Phi) is 5.83. The van der Waals surface area contributed by atoms with E-state index in [4.69, 9.17) is 4.74 Å². The molecule has 0 radical (unpaired) electrons. The molecule has 21 heavy (non-hydrogen) atoms. The summed E-state index contributed by atoms with van der Waals surface area (Å²) in [4.78, 5) is 0. The normalized spacial score (nSPS) is 21.8. The number of fused-ring (bicyclic) bond motifs is 1. The van der Waals surface area contributed by atoms with E-state index >= 15 is 0 Å². The molecule has 0 saturated carbocycles. The van der Waals surface area contributed by atoms with E-state index < -0.39 is 0 Å². The van der Waals surface area contributed by atoms with Crippen LogP contribution in [0, 0.1) is 0 Å². The second-order valence-corrected chi connectivity index (χ2v) is 7.00. The highest BCUT2D eigenvalue weighted by Gasteiger charge is 2.36. The number of aryl methyl sites for hydroxylation is 1. The minimum Gasteiger partial charge on any atom is -0.379 e. The van der Waals surface area contributed by atoms with Crippen LogP contribution in [0.1, 0.15) is 58.1 Å². The van der Waals surface area contributed by atoms with E-state index in [2.05, 4.69) is 57.3 Å². The van der Waals surface area contributed by atoms with Gasteiger partial charge in [0.1, 0.15) is 0 Å². The molecule has 1 N–H and O–H groups in total. The van der Waals surface area contributed by atoms with Crippen LogP contribution < -0.4 is 5.32 Å². The van der Waals surface area contributed by atoms with Gasteiger partial charge in [-0.2, -0.15) is 0 Å². The third kappa shape index (κ3) is 4.31. The Hall–Kier alpha value is -0.860. The third-order valence-corrected chi connectivity index (χ3v) is 4.57. The van der Waals surface area contributed by atoms with E-state index in [1.165, 1.54) is 19.3 Å². The Morgan fingerprint density at radius 1 is 1.19 bits per heavy atom. The molecule has 0 heterocycles. The number of ether oxygens (including phenoxy) is 1. The van der Waals surface area contributed by atoms with E-state index in [1.807, 2.05) is 0 Å². The molecule has 1 aliphatic carbocycles. The maximum Gasteiger partial charge on any atom is 0.0518 e. The van der Waals surface area contributed by atoms with E-state index in [0.29, 0.717) is 12.1 Å². The number of rotatable bonds is 7. The third-order valence-electron chi connectivity index (χ3n) is 4.57. The van der Waals surface area contributed by atoms with E-state index in [-0.39, 0.29) is 5.41 Å². The lowest BCUT2D eigenvalue weighted by molar-refractivity contribution is 0.0608. The highest BCUT2D eigenvalue weighted by Crippen LogP contribution is 2.39. The van der Waals surface area contributed by atoms with Gasteiger partial charge in [0.25, 0.3) is 0 Å². The molecule has 0 aromatic heterocycles. The largest absolute Gasteiger partial charge is 0.379 e. The van der Waals surface area contributed by atoms with E-state index in [1.54, 1.807) is 11.1 Å². The van der Waals surface area contributed by atoms with Crippen molar-refractivity contribution >= 4 is 0 Å². The van der Waals surface area contributed by atoms with E-state index in [0.717, 1.165) is 19.6 Å². The van der Waals surface area contributed by atoms with Crippen molar-refractivity contribution in [3.05, 3.63) is 35.4 Å². The quantitative estimate of drug-likeness (QED) is 0.817. The second-order valence-electron chi connectivity index (χ2n) is 7.00. The van der Waals surface area contributed by atoms with Gasteiger partial charge in [-0.3, -0.25) is 0 Å². The van der Waals surface area contributed by atoms with Crippen molar-refractivity contribution in [1.82, 2.24) is 5.32 Å². The number of hydrogen-bond donors (Lipinski definition) is 1. The predicted molar refractivity (Wildman–Crippen MR) is 89.9 cm³/mol. The van der Waals surface area contributed by atoms with Crippen molar-refractivity contribution in [2.75, 3.05) is 13.2 Å². The summed E-state index contributed by atoms with van der Waals surface area (Å²) in [5.74, 6) is 0. The first-order valence-corrected chi connectivity index (χ1v) is 8.47. The molecule has 1 atom stereocenters. The summed E-state index contributed by atoms with van der Waals surface area (Å²) >= 11 is 0. The molecular weight excluding hydrogens is 258 g/mol. The lowest BCUT2D eigenvalue weighted by Crippen LogP contribution is -2.44. The molecule has 2 heteroatoms. The average molecular weight is 289 g/mol. The molecule has 0 spiro atoms. The summed E-state index contributed by atoms with van der Waals surface area (Å²) in [6, 6.07) is 9.54. The number of benzene rings is 1. The van der Waals surface area contributed by atoms with Gasteiger partial charge in [0.15, 0.2) is 0 Å². The molecule has 118 valence electrons. The van der Waals surface area contributed by atoms with Crippen molar-refractivity contribution in [2.24, 2.45) is 0 Å². The molecule has 1 unspecified atom stereocenters. The zero-order chi connectivity index (χ0) is 15.3. The average Bonchev–Trinajstić information content (AvgIpc) is 2.45. The lowest BCUT2D eigenvalue weighted by Gasteiger charge is -2.40. The standard InChI is InChI=1S/C19H31NO/c1-15(2)20-14-19(12-13-21-16(3)4)11-7-9-17-8-5-6-10-18(17)19/h5-6,8,10,15-16,20H,7,9,11-14H2,1-4H3. The van der Waals surface area contributed by atoms with Crippen molar-refractivity contribution in [2.45, 2.75) is 70.9 Å². The Morgan fingerprint density at radius 3 is 2.67 bits per heavy atom. The Bertz CT molecular complexity index is 441. The predicted octanol–water partition coefficient (Wildman–Crippen LogP) is 4.07. The van der Waals surface area contributed by atoms with Crippen molar-refractivity contribution in [3.8, 4) is 0 Å². The van der Waals surface area contributed by atoms with Crippen LogP contribution in [0.3, 0.4) is 0 Å². The number of nitrogens with one attached hydrogen (secondary N) is 1. The first-order chi connectivity index (χ1) is 10.0. The maximum atomic E-state index is 5.86. The van der Waals surface area contributed by atoms with Crippen LogP contribution in [0.2, 0.25) is 0 Å². The van der Waals surface area contributed by atoms with Crippen LogP contribution in [0.4, 0.5) is 0 Å². The summed E-state index contributed by atoms with van der Waals surface area (Å²) in [5.41, 5.74) is 3.34. The van der Waals surface area contributed by atoms with Crippen LogP contribution >= 0.6 is 0 Å². The first-order valence-electron chi connectivity index (χ1n) is 8.47. The van der Waals surface area contributed by atoms with Gasteiger partial charge in [0.05, 0.1) is 6.10 Å². The van der Waals surface area contributed by atoms with Gasteiger partial charge < -0.3 is 10.1 Å². The van der Waals surface area contributed by atoms with Gasteiger partial charge in [-0.1, -0.05) is 38.1 Å². The smallest absolute Gasteiger partial charge is 0.0518 e. The van der Waals surface area contributed by atoms with E-state index in [9.17, 15) is 0 Å². The minimum absolute atomic E-state index is 0.244. The van der Waals surface area contributed by atoms with Crippen LogP contribution in [-0.4, -0.2) is 25.3 Å². The molecule has 1 aromatic rings. The topological polar surface area (TPSA) is 21.3 Å². The fourth-order valence-electron chi connectivity index (χ4n) is 3.43. The zero-order valence-electron chi connectivity index (χ0n) is 14.1. The summed E-state index contributed by atoms with van der Waals surface area (Å²) in [5, 5.41) is 3.68. The molecule has 0 saturated heterocycles. The Labute approximate surface area is 130 Å². The summed E-state index contributed by atoms with van der Waals surface area (Å²) in [6.45, 7) is 10.6. The molecule has 0 fully saturated rings. The Balaban J connectivity index is 2.19. The van der Waals surface area contributed by atoms with Gasteiger partial charge in [-0.05, 0) is 50.7 Å². The minimum atomic E-state index is 0.244. The highest BCUT2D eigenvalue weighted by atomic mass is 16.5. The molecule has 0 aliphatic heterocycles. The van der Waals surface area contributed by atoms with Gasteiger partial charge >= 0.3 is 0 Å². The zero-order valence-corrected chi connectivity index (χ0v) is 14.1. The van der Waals surface area contributed by atoms with Gasteiger partial charge in [-0.15, -0.1) is 0 Å². The van der Waals surface area contributed by atoms with Crippen molar-refractivity contribution in [3.63, 3.8) is 0 Å². The number of hydrogen-bond acceptors (Lipinski definition) is 2. The molecule has 2 nitrogen and oxygen atoms in total. The van der Waals surface area contributed by atoms with Crippen LogP contribution in [0.25, 0.3) is 0 Å². The van der Waals surface area contributed by atoms with Gasteiger partial charge in [0.2, 0.25) is 0 Å².